The average Bonchev–Trinajstić information content (AvgIpc) is 2.44. The van der Waals surface area contributed by atoms with Crippen LogP contribution in [-0.4, -0.2) is 22.3 Å². The molecule has 4 heteroatoms. The minimum Gasteiger partial charge on any atom is -0.350 e. The number of nitrogens with one attached hydrogen (secondary N) is 1. The molecule has 2 aromatic rings. The maximum Gasteiger partial charge on any atom is 0.252 e. The predicted molar refractivity (Wildman–Crippen MR) is 86.4 cm³/mol. The number of fused-ring (bicyclic) bond motifs is 1. The van der Waals surface area contributed by atoms with Crippen LogP contribution in [0.1, 0.15) is 35.8 Å². The highest BCUT2D eigenvalue weighted by Crippen LogP contribution is 2.18. The largest absolute Gasteiger partial charge is 0.350 e. The summed E-state index contributed by atoms with van der Waals surface area (Å²) in [7, 11) is 0. The first-order valence-electron chi connectivity index (χ1n) is 6.85. The molecule has 1 amide bonds. The molecular formula is C16H19BrN2O. The second-order valence-electron chi connectivity index (χ2n) is 5.03. The third-order valence-corrected chi connectivity index (χ3v) is 3.80. The summed E-state index contributed by atoms with van der Waals surface area (Å²) in [6.07, 6.45) is 2.02. The second-order valence-corrected chi connectivity index (χ2v) is 5.83. The van der Waals surface area contributed by atoms with E-state index in [1.165, 1.54) is 0 Å². The zero-order valence-electron chi connectivity index (χ0n) is 11.8. The van der Waals surface area contributed by atoms with Crippen molar-refractivity contribution in [3.8, 4) is 0 Å². The summed E-state index contributed by atoms with van der Waals surface area (Å²) < 4.78 is 0. The number of rotatable bonds is 5. The topological polar surface area (TPSA) is 42.0 Å². The molecule has 106 valence electrons. The van der Waals surface area contributed by atoms with Gasteiger partial charge in [-0.25, -0.2) is 0 Å². The van der Waals surface area contributed by atoms with Crippen LogP contribution in [0.2, 0.25) is 0 Å². The van der Waals surface area contributed by atoms with Gasteiger partial charge in [0.15, 0.2) is 0 Å². The minimum absolute atomic E-state index is 0.0197. The standard InChI is InChI=1S/C16H19BrN2O/c1-11(6-5-9-17)19-16(20)14-10-12(2)18-15-8-4-3-7-13(14)15/h3-4,7-8,10-11H,5-6,9H2,1-2H3,(H,19,20). The van der Waals surface area contributed by atoms with E-state index in [2.05, 4.69) is 26.2 Å². The van der Waals surface area contributed by atoms with Crippen molar-refractivity contribution in [2.45, 2.75) is 32.7 Å². The van der Waals surface area contributed by atoms with Crippen LogP contribution in [0.4, 0.5) is 0 Å². The number of carbonyl (C=O) groups is 1. The maximum atomic E-state index is 12.4. The Kier molecular flexibility index (Phi) is 5.12. The van der Waals surface area contributed by atoms with Crippen LogP contribution in [0, 0.1) is 6.92 Å². The molecule has 0 saturated heterocycles. The molecule has 0 saturated carbocycles. The van der Waals surface area contributed by atoms with Gasteiger partial charge in [-0.1, -0.05) is 34.1 Å². The number of nitrogens with zero attached hydrogens (tertiary/aromatic N) is 1. The van der Waals surface area contributed by atoms with Crippen LogP contribution in [0.25, 0.3) is 10.9 Å². The number of carbonyl (C=O) groups excluding carboxylic acids is 1. The Morgan fingerprint density at radius 2 is 2.15 bits per heavy atom. The minimum atomic E-state index is -0.0197. The summed E-state index contributed by atoms with van der Waals surface area (Å²) in [6, 6.07) is 9.79. The Labute approximate surface area is 127 Å². The van der Waals surface area contributed by atoms with Gasteiger partial charge in [0.25, 0.3) is 5.91 Å². The van der Waals surface area contributed by atoms with Gasteiger partial charge < -0.3 is 5.32 Å². The van der Waals surface area contributed by atoms with Crippen molar-refractivity contribution >= 4 is 32.7 Å². The van der Waals surface area contributed by atoms with E-state index in [1.807, 2.05) is 44.2 Å². The number of benzene rings is 1. The molecule has 0 aliphatic rings. The molecule has 1 heterocycles. The summed E-state index contributed by atoms with van der Waals surface area (Å²) >= 11 is 3.41. The number of aryl methyl sites for hydroxylation is 1. The lowest BCUT2D eigenvalue weighted by atomic mass is 10.1. The van der Waals surface area contributed by atoms with Gasteiger partial charge in [0.05, 0.1) is 11.1 Å². The Morgan fingerprint density at radius 3 is 2.90 bits per heavy atom. The molecule has 2 rings (SSSR count). The van der Waals surface area contributed by atoms with Crippen molar-refractivity contribution in [1.82, 2.24) is 10.3 Å². The fraction of sp³-hybridized carbons (Fsp3) is 0.375. The quantitative estimate of drug-likeness (QED) is 0.844. The van der Waals surface area contributed by atoms with Gasteiger partial charge >= 0.3 is 0 Å². The number of halogens is 1. The van der Waals surface area contributed by atoms with Gasteiger partial charge in [0.2, 0.25) is 0 Å². The third kappa shape index (κ3) is 3.57. The number of hydrogen-bond acceptors (Lipinski definition) is 2. The molecule has 0 aliphatic heterocycles. The lowest BCUT2D eigenvalue weighted by molar-refractivity contribution is 0.0940. The highest BCUT2D eigenvalue weighted by molar-refractivity contribution is 9.09. The monoisotopic (exact) mass is 334 g/mol. The molecular weight excluding hydrogens is 316 g/mol. The van der Waals surface area contributed by atoms with Gasteiger partial charge in [0, 0.05) is 22.5 Å². The van der Waals surface area contributed by atoms with Gasteiger partial charge in [0.1, 0.15) is 0 Å². The zero-order chi connectivity index (χ0) is 14.5. The van der Waals surface area contributed by atoms with Crippen molar-refractivity contribution in [1.29, 1.82) is 0 Å². The first-order chi connectivity index (χ1) is 9.61. The lowest BCUT2D eigenvalue weighted by Crippen LogP contribution is -2.32. The number of aromatic nitrogens is 1. The summed E-state index contributed by atoms with van der Waals surface area (Å²) in [6.45, 7) is 3.95. The van der Waals surface area contributed by atoms with Crippen LogP contribution in [0.3, 0.4) is 0 Å². The van der Waals surface area contributed by atoms with Crippen LogP contribution in [0.15, 0.2) is 30.3 Å². The zero-order valence-corrected chi connectivity index (χ0v) is 13.4. The fourth-order valence-electron chi connectivity index (χ4n) is 2.25. The van der Waals surface area contributed by atoms with Crippen LogP contribution in [-0.2, 0) is 0 Å². The number of hydrogen-bond donors (Lipinski definition) is 1. The summed E-state index contributed by atoms with van der Waals surface area (Å²) in [5, 5.41) is 4.93. The van der Waals surface area contributed by atoms with E-state index in [-0.39, 0.29) is 11.9 Å². The lowest BCUT2D eigenvalue weighted by Gasteiger charge is -2.14. The summed E-state index contributed by atoms with van der Waals surface area (Å²) in [5.41, 5.74) is 2.44. The maximum absolute atomic E-state index is 12.4. The van der Waals surface area contributed by atoms with Gasteiger partial charge in [-0.05, 0) is 38.8 Å². The Hall–Kier alpha value is -1.42. The molecule has 1 aromatic heterocycles. The molecule has 1 aromatic carbocycles. The van der Waals surface area contributed by atoms with Crippen molar-refractivity contribution in [2.24, 2.45) is 0 Å². The molecule has 0 fully saturated rings. The first kappa shape index (κ1) is 15.0. The molecule has 0 bridgehead atoms. The van der Waals surface area contributed by atoms with Gasteiger partial charge in [-0.15, -0.1) is 0 Å². The average molecular weight is 335 g/mol. The number of pyridine rings is 1. The molecule has 1 N–H and O–H groups in total. The normalized spacial score (nSPS) is 12.3. The number of para-hydroxylation sites is 1. The molecule has 0 radical (unpaired) electrons. The van der Waals surface area contributed by atoms with E-state index in [1.54, 1.807) is 0 Å². The summed E-state index contributed by atoms with van der Waals surface area (Å²) in [5.74, 6) is -0.0197. The highest BCUT2D eigenvalue weighted by Gasteiger charge is 2.13. The molecule has 1 atom stereocenters. The van der Waals surface area contributed by atoms with E-state index in [4.69, 9.17) is 0 Å². The molecule has 0 aliphatic carbocycles. The smallest absolute Gasteiger partial charge is 0.252 e. The highest BCUT2D eigenvalue weighted by atomic mass is 79.9. The third-order valence-electron chi connectivity index (χ3n) is 3.24. The Balaban J connectivity index is 2.25. The van der Waals surface area contributed by atoms with Crippen LogP contribution in [0.5, 0.6) is 0 Å². The van der Waals surface area contributed by atoms with Gasteiger partial charge in [-0.3, -0.25) is 9.78 Å². The van der Waals surface area contributed by atoms with E-state index < -0.39 is 0 Å². The fourth-order valence-corrected chi connectivity index (χ4v) is 2.58. The Morgan fingerprint density at radius 1 is 1.40 bits per heavy atom. The first-order valence-corrected chi connectivity index (χ1v) is 7.97. The molecule has 20 heavy (non-hydrogen) atoms. The van der Waals surface area contributed by atoms with Crippen molar-refractivity contribution in [2.75, 3.05) is 5.33 Å². The SMILES string of the molecule is Cc1cc(C(=O)NC(C)CCCBr)c2ccccc2n1. The van der Waals surface area contributed by atoms with Crippen LogP contribution >= 0.6 is 15.9 Å². The molecule has 0 spiro atoms. The van der Waals surface area contributed by atoms with Crippen LogP contribution < -0.4 is 5.32 Å². The van der Waals surface area contributed by atoms with Crippen molar-refractivity contribution in [3.05, 3.63) is 41.6 Å². The van der Waals surface area contributed by atoms with E-state index in [9.17, 15) is 4.79 Å². The number of amides is 1. The van der Waals surface area contributed by atoms with E-state index in [0.717, 1.165) is 34.8 Å². The van der Waals surface area contributed by atoms with Crippen molar-refractivity contribution < 1.29 is 4.79 Å². The second kappa shape index (κ2) is 6.84. The Bertz CT molecular complexity index is 612. The molecule has 3 nitrogen and oxygen atoms in total. The van der Waals surface area contributed by atoms with E-state index in [0.29, 0.717) is 5.56 Å². The number of alkyl halides is 1. The van der Waals surface area contributed by atoms with E-state index >= 15 is 0 Å². The predicted octanol–water partition coefficient (Wildman–Crippen LogP) is 3.84. The van der Waals surface area contributed by atoms with Gasteiger partial charge in [-0.2, -0.15) is 0 Å². The van der Waals surface area contributed by atoms with Crippen molar-refractivity contribution in [3.63, 3.8) is 0 Å². The molecule has 1 unspecified atom stereocenters. The summed E-state index contributed by atoms with van der Waals surface area (Å²) in [4.78, 5) is 16.9.